The van der Waals surface area contributed by atoms with Crippen LogP contribution in [0.1, 0.15) is 5.56 Å². The van der Waals surface area contributed by atoms with Crippen LogP contribution in [0, 0.1) is 0 Å². The Labute approximate surface area is 76.6 Å². The molecule has 1 aromatic carbocycles. The molecular weight excluding hydrogens is 168 g/mol. The van der Waals surface area contributed by atoms with Gasteiger partial charge in [-0.05, 0) is 18.7 Å². The van der Waals surface area contributed by atoms with Gasteiger partial charge in [-0.25, -0.2) is 0 Å². The normalized spacial score (nSPS) is 13.3. The maximum atomic E-state index is 5.80. The Morgan fingerprint density at radius 2 is 2.08 bits per heavy atom. The van der Waals surface area contributed by atoms with Gasteiger partial charge in [0.2, 0.25) is 6.79 Å². The van der Waals surface area contributed by atoms with Crippen LogP contribution in [-0.4, -0.2) is 13.8 Å². The lowest BCUT2D eigenvalue weighted by molar-refractivity contribution is 0.174. The molecule has 0 unspecified atom stereocenters. The number of nitrogens with two attached hydrogens (primary N) is 1. The first-order valence-electron chi connectivity index (χ1n) is 4.14. The summed E-state index contributed by atoms with van der Waals surface area (Å²) in [5, 5.41) is 3.04. The molecule has 0 saturated carbocycles. The monoisotopic (exact) mass is 180 g/mol. The number of nitrogens with one attached hydrogen (secondary N) is 1. The van der Waals surface area contributed by atoms with Gasteiger partial charge < -0.3 is 20.5 Å². The number of hydrogen-bond acceptors (Lipinski definition) is 4. The number of hydrogen-bond donors (Lipinski definition) is 2. The summed E-state index contributed by atoms with van der Waals surface area (Å²) in [5.74, 6) is 1.51. The molecule has 0 bridgehead atoms. The van der Waals surface area contributed by atoms with Crippen LogP contribution < -0.4 is 20.5 Å². The quantitative estimate of drug-likeness (QED) is 0.658. The van der Waals surface area contributed by atoms with E-state index in [1.165, 1.54) is 0 Å². The summed E-state index contributed by atoms with van der Waals surface area (Å²) in [7, 11) is 1.88. The number of nitrogen functional groups attached to an aromatic ring is 1. The van der Waals surface area contributed by atoms with Crippen LogP contribution in [0.25, 0.3) is 0 Å². The van der Waals surface area contributed by atoms with E-state index in [1.807, 2.05) is 13.1 Å². The molecular formula is C9H12N2O2. The molecule has 4 heteroatoms. The van der Waals surface area contributed by atoms with Crippen molar-refractivity contribution in [3.63, 3.8) is 0 Å². The van der Waals surface area contributed by atoms with Crippen LogP contribution in [0.3, 0.4) is 0 Å². The van der Waals surface area contributed by atoms with Crippen LogP contribution >= 0.6 is 0 Å². The van der Waals surface area contributed by atoms with Gasteiger partial charge in [-0.1, -0.05) is 0 Å². The van der Waals surface area contributed by atoms with Gasteiger partial charge in [0.1, 0.15) is 0 Å². The highest BCUT2D eigenvalue weighted by Crippen LogP contribution is 2.35. The molecule has 1 heterocycles. The second kappa shape index (κ2) is 3.14. The van der Waals surface area contributed by atoms with Crippen molar-refractivity contribution < 1.29 is 9.47 Å². The van der Waals surface area contributed by atoms with Crippen molar-refractivity contribution in [2.24, 2.45) is 0 Å². The number of anilines is 1. The molecule has 1 aliphatic heterocycles. The van der Waals surface area contributed by atoms with Gasteiger partial charge in [0.25, 0.3) is 0 Å². The van der Waals surface area contributed by atoms with Crippen LogP contribution in [0.2, 0.25) is 0 Å². The number of benzene rings is 1. The highest BCUT2D eigenvalue weighted by Gasteiger charge is 2.15. The van der Waals surface area contributed by atoms with Crippen molar-refractivity contribution in [1.82, 2.24) is 5.32 Å². The van der Waals surface area contributed by atoms with Gasteiger partial charge in [0.15, 0.2) is 11.5 Å². The highest BCUT2D eigenvalue weighted by atomic mass is 16.7. The fraction of sp³-hybridized carbons (Fsp3) is 0.333. The Bertz CT molecular complexity index is 326. The van der Waals surface area contributed by atoms with Gasteiger partial charge in [-0.2, -0.15) is 0 Å². The third kappa shape index (κ3) is 1.40. The van der Waals surface area contributed by atoms with Gasteiger partial charge >= 0.3 is 0 Å². The molecule has 0 spiro atoms. The smallest absolute Gasteiger partial charge is 0.231 e. The molecule has 0 radical (unpaired) electrons. The maximum absolute atomic E-state index is 5.80. The van der Waals surface area contributed by atoms with Crippen LogP contribution in [-0.2, 0) is 6.54 Å². The molecule has 1 aromatic rings. The van der Waals surface area contributed by atoms with Gasteiger partial charge in [0.05, 0.1) is 0 Å². The minimum atomic E-state index is 0.289. The Hall–Kier alpha value is -1.42. The Kier molecular flexibility index (Phi) is 1.98. The molecule has 70 valence electrons. The molecule has 13 heavy (non-hydrogen) atoms. The predicted octanol–water partition coefficient (Wildman–Crippen LogP) is 0.717. The SMILES string of the molecule is CNCc1cc2c(cc1N)OCO2. The van der Waals surface area contributed by atoms with Crippen molar-refractivity contribution in [3.05, 3.63) is 17.7 Å². The first-order valence-corrected chi connectivity index (χ1v) is 4.14. The highest BCUT2D eigenvalue weighted by molar-refractivity contribution is 5.58. The zero-order valence-electron chi connectivity index (χ0n) is 7.46. The van der Waals surface area contributed by atoms with E-state index in [2.05, 4.69) is 5.32 Å². The molecule has 0 aromatic heterocycles. The van der Waals surface area contributed by atoms with E-state index < -0.39 is 0 Å². The lowest BCUT2D eigenvalue weighted by atomic mass is 10.1. The second-order valence-electron chi connectivity index (χ2n) is 2.93. The van der Waals surface area contributed by atoms with E-state index >= 15 is 0 Å². The van der Waals surface area contributed by atoms with E-state index in [9.17, 15) is 0 Å². The molecule has 0 atom stereocenters. The summed E-state index contributed by atoms with van der Waals surface area (Å²) in [4.78, 5) is 0. The summed E-state index contributed by atoms with van der Waals surface area (Å²) in [6, 6.07) is 3.71. The van der Waals surface area contributed by atoms with Gasteiger partial charge in [-0.3, -0.25) is 0 Å². The lowest BCUT2D eigenvalue weighted by Crippen LogP contribution is -2.07. The largest absolute Gasteiger partial charge is 0.454 e. The predicted molar refractivity (Wildman–Crippen MR) is 49.7 cm³/mol. The number of ether oxygens (including phenoxy) is 2. The Morgan fingerprint density at radius 1 is 1.38 bits per heavy atom. The third-order valence-electron chi connectivity index (χ3n) is 2.00. The van der Waals surface area contributed by atoms with Crippen LogP contribution in [0.4, 0.5) is 5.69 Å². The van der Waals surface area contributed by atoms with Crippen molar-refractivity contribution >= 4 is 5.69 Å². The lowest BCUT2D eigenvalue weighted by Gasteiger charge is -2.05. The Balaban J connectivity index is 2.37. The second-order valence-corrected chi connectivity index (χ2v) is 2.93. The molecule has 0 aliphatic carbocycles. The molecule has 0 amide bonds. The van der Waals surface area contributed by atoms with Crippen molar-refractivity contribution in [3.8, 4) is 11.5 Å². The average molecular weight is 180 g/mol. The van der Waals surface area contributed by atoms with E-state index in [1.54, 1.807) is 6.07 Å². The van der Waals surface area contributed by atoms with E-state index in [0.29, 0.717) is 0 Å². The first kappa shape index (κ1) is 8.19. The summed E-state index contributed by atoms with van der Waals surface area (Å²) in [6.07, 6.45) is 0. The van der Waals surface area contributed by atoms with E-state index in [-0.39, 0.29) is 6.79 Å². The third-order valence-corrected chi connectivity index (χ3v) is 2.00. The average Bonchev–Trinajstić information content (AvgIpc) is 2.52. The molecule has 1 aliphatic rings. The van der Waals surface area contributed by atoms with Crippen LogP contribution in [0.5, 0.6) is 11.5 Å². The van der Waals surface area contributed by atoms with Gasteiger partial charge in [-0.15, -0.1) is 0 Å². The van der Waals surface area contributed by atoms with Gasteiger partial charge in [0, 0.05) is 18.3 Å². The van der Waals surface area contributed by atoms with E-state index in [0.717, 1.165) is 29.3 Å². The molecule has 4 nitrogen and oxygen atoms in total. The first-order chi connectivity index (χ1) is 6.31. The summed E-state index contributed by atoms with van der Waals surface area (Å²) < 4.78 is 10.4. The summed E-state index contributed by atoms with van der Waals surface area (Å²) >= 11 is 0. The fourth-order valence-electron chi connectivity index (χ4n) is 1.34. The minimum absolute atomic E-state index is 0.289. The fourth-order valence-corrected chi connectivity index (χ4v) is 1.34. The standard InChI is InChI=1S/C9H12N2O2/c1-11-4-6-2-8-9(3-7(6)10)13-5-12-8/h2-3,11H,4-5,10H2,1H3. The van der Waals surface area contributed by atoms with Crippen molar-refractivity contribution in [2.45, 2.75) is 6.54 Å². The summed E-state index contributed by atoms with van der Waals surface area (Å²) in [5.41, 5.74) is 7.57. The maximum Gasteiger partial charge on any atom is 0.231 e. The number of rotatable bonds is 2. The minimum Gasteiger partial charge on any atom is -0.454 e. The topological polar surface area (TPSA) is 56.5 Å². The molecule has 0 fully saturated rings. The summed E-state index contributed by atoms with van der Waals surface area (Å²) in [6.45, 7) is 1.03. The van der Waals surface area contributed by atoms with Crippen molar-refractivity contribution in [2.75, 3.05) is 19.6 Å². The number of fused-ring (bicyclic) bond motifs is 1. The Morgan fingerprint density at radius 3 is 2.77 bits per heavy atom. The molecule has 0 saturated heterocycles. The van der Waals surface area contributed by atoms with E-state index in [4.69, 9.17) is 15.2 Å². The molecule has 3 N–H and O–H groups in total. The zero-order valence-corrected chi connectivity index (χ0v) is 7.46. The molecule has 2 rings (SSSR count). The van der Waals surface area contributed by atoms with Crippen molar-refractivity contribution in [1.29, 1.82) is 0 Å². The zero-order chi connectivity index (χ0) is 9.26. The van der Waals surface area contributed by atoms with Crippen LogP contribution in [0.15, 0.2) is 12.1 Å².